The Balaban J connectivity index is 2.12. The molecule has 0 atom stereocenters. The first-order valence-corrected chi connectivity index (χ1v) is 5.78. The molecular weight excluding hydrogens is 260 g/mol. The van der Waals surface area contributed by atoms with Gasteiger partial charge in [0.05, 0.1) is 12.7 Å². The molecule has 0 aliphatic rings. The Kier molecular flexibility index (Phi) is 3.95. The van der Waals surface area contributed by atoms with Crippen molar-refractivity contribution >= 4 is 17.6 Å². The molecule has 1 aromatic heterocycles. The minimum Gasteiger partial charge on any atom is -0.465 e. The van der Waals surface area contributed by atoms with Gasteiger partial charge in [-0.2, -0.15) is 0 Å². The van der Waals surface area contributed by atoms with Gasteiger partial charge in [-0.25, -0.2) is 4.79 Å². The number of methoxy groups -OCH3 is 1. The first-order valence-electron chi connectivity index (χ1n) is 5.78. The van der Waals surface area contributed by atoms with Gasteiger partial charge in [0.25, 0.3) is 5.91 Å². The lowest BCUT2D eigenvalue weighted by Crippen LogP contribution is -2.15. The van der Waals surface area contributed by atoms with E-state index in [2.05, 4.69) is 15.0 Å². The third-order valence-corrected chi connectivity index (χ3v) is 2.60. The minimum absolute atomic E-state index is 0.255. The number of hydrogen-bond donors (Lipinski definition) is 2. The van der Waals surface area contributed by atoms with Gasteiger partial charge in [0, 0.05) is 23.5 Å². The summed E-state index contributed by atoms with van der Waals surface area (Å²) in [6.07, 6.45) is 1.40. The summed E-state index contributed by atoms with van der Waals surface area (Å²) in [6, 6.07) is 8.95. The molecule has 2 rings (SSSR count). The minimum atomic E-state index is -0.447. The second kappa shape index (κ2) is 5.83. The molecular formula is C14H12N2O4. The van der Waals surface area contributed by atoms with Gasteiger partial charge >= 0.3 is 5.97 Å². The number of anilines is 1. The first kappa shape index (κ1) is 13.5. The molecule has 0 fully saturated rings. The number of pyridine rings is 1. The van der Waals surface area contributed by atoms with Gasteiger partial charge in [-0.05, 0) is 30.3 Å². The fraction of sp³-hybridized carbons (Fsp3) is 0.0714. The maximum absolute atomic E-state index is 11.9. The maximum Gasteiger partial charge on any atom is 0.337 e. The van der Waals surface area contributed by atoms with Crippen LogP contribution in [0.15, 0.2) is 47.4 Å². The molecule has 6 nitrogen and oxygen atoms in total. The van der Waals surface area contributed by atoms with E-state index in [1.165, 1.54) is 25.4 Å². The fourth-order valence-electron chi connectivity index (χ4n) is 1.60. The highest BCUT2D eigenvalue weighted by Gasteiger charge is 2.08. The number of benzene rings is 1. The van der Waals surface area contributed by atoms with Crippen LogP contribution in [-0.2, 0) is 4.74 Å². The number of carbonyl (C=O) groups excluding carboxylic acids is 2. The largest absolute Gasteiger partial charge is 0.465 e. The quantitative estimate of drug-likeness (QED) is 0.827. The van der Waals surface area contributed by atoms with Crippen molar-refractivity contribution in [2.24, 2.45) is 0 Å². The molecule has 1 amide bonds. The van der Waals surface area contributed by atoms with Gasteiger partial charge in [0.1, 0.15) is 0 Å². The Morgan fingerprint density at radius 2 is 1.80 bits per heavy atom. The standard InChI is InChI=1S/C14H12N2O4/c1-20-14(19)9-2-4-11(5-3-9)16-13(18)10-6-7-15-12(17)8-10/h2-8H,1H3,(H,15,17)(H,16,18). The average Bonchev–Trinajstić information content (AvgIpc) is 2.47. The fourth-order valence-corrected chi connectivity index (χ4v) is 1.60. The molecule has 2 N–H and O–H groups in total. The van der Waals surface area contributed by atoms with E-state index in [-0.39, 0.29) is 11.1 Å². The predicted octanol–water partition coefficient (Wildman–Crippen LogP) is 1.41. The van der Waals surface area contributed by atoms with E-state index in [4.69, 9.17) is 0 Å². The van der Waals surface area contributed by atoms with Crippen LogP contribution >= 0.6 is 0 Å². The topological polar surface area (TPSA) is 88.3 Å². The van der Waals surface area contributed by atoms with Crippen molar-refractivity contribution < 1.29 is 14.3 Å². The highest BCUT2D eigenvalue weighted by molar-refractivity contribution is 6.04. The molecule has 102 valence electrons. The van der Waals surface area contributed by atoms with Crippen LogP contribution in [-0.4, -0.2) is 24.0 Å². The number of ether oxygens (including phenoxy) is 1. The van der Waals surface area contributed by atoms with Gasteiger partial charge in [0.2, 0.25) is 5.56 Å². The van der Waals surface area contributed by atoms with Crippen LogP contribution in [0, 0.1) is 0 Å². The molecule has 0 aliphatic carbocycles. The van der Waals surface area contributed by atoms with Crippen LogP contribution < -0.4 is 10.9 Å². The summed E-state index contributed by atoms with van der Waals surface area (Å²) in [4.78, 5) is 36.7. The molecule has 0 aliphatic heterocycles. The normalized spacial score (nSPS) is 9.85. The Hall–Kier alpha value is -2.89. The number of nitrogens with one attached hydrogen (secondary N) is 2. The SMILES string of the molecule is COC(=O)c1ccc(NC(=O)c2cc[nH]c(=O)c2)cc1. The monoisotopic (exact) mass is 272 g/mol. The average molecular weight is 272 g/mol. The molecule has 20 heavy (non-hydrogen) atoms. The van der Waals surface area contributed by atoms with E-state index in [0.29, 0.717) is 11.3 Å². The van der Waals surface area contributed by atoms with Gasteiger partial charge in [-0.1, -0.05) is 0 Å². The highest BCUT2D eigenvalue weighted by Crippen LogP contribution is 2.11. The molecule has 0 bridgehead atoms. The molecule has 0 spiro atoms. The van der Waals surface area contributed by atoms with E-state index in [9.17, 15) is 14.4 Å². The Morgan fingerprint density at radius 1 is 1.10 bits per heavy atom. The van der Waals surface area contributed by atoms with Crippen molar-refractivity contribution in [1.82, 2.24) is 4.98 Å². The van der Waals surface area contributed by atoms with E-state index in [1.54, 1.807) is 24.3 Å². The number of amides is 1. The van der Waals surface area contributed by atoms with E-state index < -0.39 is 11.9 Å². The number of rotatable bonds is 3. The van der Waals surface area contributed by atoms with Crippen molar-refractivity contribution in [1.29, 1.82) is 0 Å². The third-order valence-electron chi connectivity index (χ3n) is 2.60. The summed E-state index contributed by atoms with van der Waals surface area (Å²) in [6.45, 7) is 0. The second-order valence-corrected chi connectivity index (χ2v) is 3.96. The predicted molar refractivity (Wildman–Crippen MR) is 72.8 cm³/mol. The summed E-state index contributed by atoms with van der Waals surface area (Å²) < 4.78 is 4.58. The molecule has 0 saturated heterocycles. The zero-order valence-electron chi connectivity index (χ0n) is 10.7. The van der Waals surface area contributed by atoms with Crippen LogP contribution in [0.25, 0.3) is 0 Å². The van der Waals surface area contributed by atoms with Crippen molar-refractivity contribution in [2.45, 2.75) is 0 Å². The van der Waals surface area contributed by atoms with Crippen LogP contribution in [0.5, 0.6) is 0 Å². The van der Waals surface area contributed by atoms with E-state index in [1.807, 2.05) is 0 Å². The molecule has 1 aromatic carbocycles. The van der Waals surface area contributed by atoms with Gasteiger partial charge in [-0.15, -0.1) is 0 Å². The van der Waals surface area contributed by atoms with Crippen molar-refractivity contribution in [2.75, 3.05) is 12.4 Å². The second-order valence-electron chi connectivity index (χ2n) is 3.96. The number of carbonyl (C=O) groups is 2. The van der Waals surface area contributed by atoms with Crippen LogP contribution in [0.4, 0.5) is 5.69 Å². The van der Waals surface area contributed by atoms with E-state index >= 15 is 0 Å². The summed E-state index contributed by atoms with van der Waals surface area (Å²) in [5, 5.41) is 2.63. The Labute approximate surface area is 114 Å². The number of esters is 1. The van der Waals surface area contributed by atoms with E-state index in [0.717, 1.165) is 0 Å². The molecule has 0 unspecified atom stereocenters. The van der Waals surface area contributed by atoms with Gasteiger partial charge in [0.15, 0.2) is 0 Å². The number of hydrogen-bond acceptors (Lipinski definition) is 4. The maximum atomic E-state index is 11.9. The van der Waals surface area contributed by atoms with Crippen molar-refractivity contribution in [3.63, 3.8) is 0 Å². The summed E-state index contributed by atoms with van der Waals surface area (Å²) in [5.74, 6) is -0.848. The molecule has 0 radical (unpaired) electrons. The lowest BCUT2D eigenvalue weighted by atomic mass is 10.2. The molecule has 2 aromatic rings. The molecule has 6 heteroatoms. The van der Waals surface area contributed by atoms with Crippen molar-refractivity contribution in [3.8, 4) is 0 Å². The Morgan fingerprint density at radius 3 is 2.40 bits per heavy atom. The Bertz CT molecular complexity index is 689. The number of aromatic amines is 1. The van der Waals surface area contributed by atoms with Gasteiger partial charge in [-0.3, -0.25) is 9.59 Å². The molecule has 1 heterocycles. The van der Waals surface area contributed by atoms with Crippen molar-refractivity contribution in [3.05, 3.63) is 64.1 Å². The summed E-state index contributed by atoms with van der Waals surface area (Å²) >= 11 is 0. The zero-order valence-corrected chi connectivity index (χ0v) is 10.7. The lowest BCUT2D eigenvalue weighted by molar-refractivity contribution is 0.0600. The van der Waals surface area contributed by atoms with Crippen LogP contribution in [0.3, 0.4) is 0 Å². The smallest absolute Gasteiger partial charge is 0.337 e. The third kappa shape index (κ3) is 3.11. The number of aromatic nitrogens is 1. The zero-order chi connectivity index (χ0) is 14.5. The first-order chi connectivity index (χ1) is 9.60. The lowest BCUT2D eigenvalue weighted by Gasteiger charge is -2.05. The molecule has 0 saturated carbocycles. The summed E-state index contributed by atoms with van der Waals surface area (Å²) in [7, 11) is 1.30. The van der Waals surface area contributed by atoms with Crippen LogP contribution in [0.2, 0.25) is 0 Å². The summed E-state index contributed by atoms with van der Waals surface area (Å²) in [5.41, 5.74) is 0.814. The number of H-pyrrole nitrogens is 1. The van der Waals surface area contributed by atoms with Crippen LogP contribution in [0.1, 0.15) is 20.7 Å². The highest BCUT2D eigenvalue weighted by atomic mass is 16.5. The van der Waals surface area contributed by atoms with Gasteiger partial charge < -0.3 is 15.0 Å².